The molecular formula is C45B26N4O2. The normalized spacial score (nSPS) is 11.9. The monoisotopic (exact) mass is 914 g/mol. The summed E-state index contributed by atoms with van der Waals surface area (Å²) in [5, 5.41) is 0.758. The standard InChI is InChI=1S/C45B26N4O2/c46-10-2-1-11(47)22(58)30(66)33(69)36(1)75(37(2)42-6(13(10)49)5-14(50)23(59)31(67)34(70)40(5)77-42)38-32(68)15(51)4-3-12(48)16(52)9(21(57)39(3)76-41(4)35(38)71)45-73-43(7-17(53)24(60)28(64)25(61)18(7)54)72-44(74-45)8-19(55)26(62)29(65)27(63)20(8)56. The third-order valence-corrected chi connectivity index (χ3v) is 14.4. The van der Waals surface area contributed by atoms with Crippen molar-refractivity contribution < 1.29 is 8.83 Å². The van der Waals surface area contributed by atoms with E-state index in [1.165, 1.54) is 4.57 Å². The van der Waals surface area contributed by atoms with Gasteiger partial charge in [-0.2, -0.15) is 0 Å². The van der Waals surface area contributed by atoms with E-state index >= 15 is 0 Å². The van der Waals surface area contributed by atoms with Gasteiger partial charge >= 0.3 is 0 Å². The van der Waals surface area contributed by atoms with Crippen LogP contribution >= 0.6 is 0 Å². The topological polar surface area (TPSA) is 69.9 Å². The van der Waals surface area contributed by atoms with Crippen LogP contribution in [0.5, 0.6) is 0 Å². The van der Waals surface area contributed by atoms with Gasteiger partial charge in [0, 0.05) is 54.8 Å². The first-order valence-electron chi connectivity index (χ1n) is 22.3. The summed E-state index contributed by atoms with van der Waals surface area (Å²) in [7, 11) is 172. The van der Waals surface area contributed by atoms with Crippen LogP contribution in [0.1, 0.15) is 0 Å². The molecule has 4 aromatic heterocycles. The van der Waals surface area contributed by atoms with E-state index in [1.54, 1.807) is 0 Å². The highest BCUT2D eigenvalue weighted by atomic mass is 16.3. The minimum atomic E-state index is -0.303. The molecule has 11 rings (SSSR count). The molecule has 77 heavy (non-hydrogen) atoms. The van der Waals surface area contributed by atoms with Crippen molar-refractivity contribution in [2.75, 3.05) is 0 Å². The number of benzene rings is 7. The molecule has 0 N–H and O–H groups in total. The van der Waals surface area contributed by atoms with Crippen LogP contribution in [0.4, 0.5) is 0 Å². The molecule has 52 radical (unpaired) electrons. The third-order valence-electron chi connectivity index (χ3n) is 14.4. The summed E-state index contributed by atoms with van der Waals surface area (Å²) in [5.74, 6) is -0.848. The summed E-state index contributed by atoms with van der Waals surface area (Å²) >= 11 is 0. The Balaban J connectivity index is 1.27. The molecule has 4 heterocycles. The maximum Gasteiger partial charge on any atom is 0.163 e. The number of nitrogens with zero attached hydrogens (tertiary/aromatic N) is 4. The van der Waals surface area contributed by atoms with Gasteiger partial charge in [0.25, 0.3) is 0 Å². The van der Waals surface area contributed by atoms with E-state index in [4.69, 9.17) is 223 Å². The van der Waals surface area contributed by atoms with Crippen molar-refractivity contribution >= 4 is 412 Å². The first-order valence-corrected chi connectivity index (χ1v) is 22.3. The van der Waals surface area contributed by atoms with Crippen LogP contribution in [0, 0.1) is 0 Å². The van der Waals surface area contributed by atoms with E-state index in [0.717, 1.165) is 0 Å². The van der Waals surface area contributed by atoms with Crippen LogP contribution in [0.3, 0.4) is 0 Å². The predicted molar refractivity (Wildman–Crippen MR) is 345 cm³/mol. The molecule has 0 aliphatic rings. The van der Waals surface area contributed by atoms with Crippen LogP contribution in [-0.2, 0) is 0 Å². The van der Waals surface area contributed by atoms with Crippen molar-refractivity contribution in [3.63, 3.8) is 0 Å². The van der Waals surface area contributed by atoms with E-state index in [-0.39, 0.29) is 248 Å². The van der Waals surface area contributed by atoms with Crippen LogP contribution in [0.2, 0.25) is 0 Å². The van der Waals surface area contributed by atoms with E-state index < -0.39 is 0 Å². The molecular weight excluding hydrogens is 910 g/mol. The fourth-order valence-corrected chi connectivity index (χ4v) is 10.2. The minimum absolute atomic E-state index is 0.00187. The van der Waals surface area contributed by atoms with Crippen LogP contribution in [-0.4, -0.2) is 224 Å². The zero-order valence-electron chi connectivity index (χ0n) is 40.1. The van der Waals surface area contributed by atoms with Crippen molar-refractivity contribution in [2.45, 2.75) is 0 Å². The molecule has 0 fully saturated rings. The molecule has 0 saturated heterocycles. The Morgan fingerprint density at radius 1 is 0.208 bits per heavy atom. The van der Waals surface area contributed by atoms with Crippen LogP contribution < -0.4 is 142 Å². The van der Waals surface area contributed by atoms with Gasteiger partial charge in [-0.05, 0) is 16.3 Å². The molecule has 7 aromatic carbocycles. The van der Waals surface area contributed by atoms with Crippen molar-refractivity contribution in [1.82, 2.24) is 19.5 Å². The second kappa shape index (κ2) is 18.1. The summed E-state index contributed by atoms with van der Waals surface area (Å²) in [6.07, 6.45) is 0. The quantitative estimate of drug-likeness (QED) is 0.165. The number of fused-ring (bicyclic) bond motifs is 10. The molecule has 6 nitrogen and oxygen atoms in total. The number of furan rings is 2. The van der Waals surface area contributed by atoms with Crippen molar-refractivity contribution in [1.29, 1.82) is 0 Å². The highest BCUT2D eigenvalue weighted by Crippen LogP contribution is 2.37. The second-order valence-corrected chi connectivity index (χ2v) is 18.3. The molecule has 0 amide bonds. The zero-order chi connectivity index (χ0) is 56.1. The molecule has 290 valence electrons. The maximum atomic E-state index is 7.25. The smallest absolute Gasteiger partial charge is 0.163 e. The highest BCUT2D eigenvalue weighted by molar-refractivity contribution is 6.74. The van der Waals surface area contributed by atoms with Crippen LogP contribution in [0.25, 0.3) is 106 Å². The van der Waals surface area contributed by atoms with E-state index in [2.05, 4.69) is 4.98 Å². The van der Waals surface area contributed by atoms with Gasteiger partial charge in [-0.3, -0.25) is 0 Å². The average molecular weight is 910 g/mol. The van der Waals surface area contributed by atoms with Gasteiger partial charge in [0.15, 0.2) is 23.1 Å². The van der Waals surface area contributed by atoms with Gasteiger partial charge in [-0.15, -0.1) is 54.6 Å². The van der Waals surface area contributed by atoms with Crippen molar-refractivity contribution in [3.05, 3.63) is 0 Å². The lowest BCUT2D eigenvalue weighted by Crippen LogP contribution is -2.55. The summed E-state index contributed by atoms with van der Waals surface area (Å²) in [6.45, 7) is 0. The Bertz CT molecular complexity index is 4520. The second-order valence-electron chi connectivity index (χ2n) is 18.3. The Labute approximate surface area is 476 Å². The number of hydrogen-bond donors (Lipinski definition) is 0. The average Bonchev–Trinajstić information content (AvgIpc) is 4.33. The van der Waals surface area contributed by atoms with Crippen molar-refractivity contribution in [2.24, 2.45) is 0 Å². The predicted octanol–water partition coefficient (Wildman–Crippen LogP) is -19.6. The van der Waals surface area contributed by atoms with Gasteiger partial charge in [0.2, 0.25) is 0 Å². The fraction of sp³-hybridized carbons (Fsp3) is 0. The summed E-state index contributed by atoms with van der Waals surface area (Å²) in [5.41, 5.74) is -3.83. The molecule has 32 heteroatoms. The molecule has 0 saturated carbocycles. The summed E-state index contributed by atoms with van der Waals surface area (Å²) in [4.78, 5) is 14.0. The Hall–Kier alpha value is -5.36. The number of rotatable bonds is 4. The highest BCUT2D eigenvalue weighted by Gasteiger charge is 2.31. The summed E-state index contributed by atoms with van der Waals surface area (Å²) in [6, 6.07) is 0. The van der Waals surface area contributed by atoms with Gasteiger partial charge in [-0.25, -0.2) is 15.0 Å². The molecule has 0 spiro atoms. The van der Waals surface area contributed by atoms with Gasteiger partial charge in [0.05, 0.1) is 5.52 Å². The zero-order valence-corrected chi connectivity index (χ0v) is 40.1. The number of hydrogen-bond acceptors (Lipinski definition) is 5. The van der Waals surface area contributed by atoms with E-state index in [1.807, 2.05) is 0 Å². The van der Waals surface area contributed by atoms with Crippen molar-refractivity contribution in [3.8, 4) is 39.9 Å². The maximum absolute atomic E-state index is 7.25. The SMILES string of the molecule is [B]c1c([B])c([B])c(-c2nc(-c3c([B])c([B])c([B])c([B])c3[B])nc(-c3c([B])c([B])c4c(oc5c([B])c(-n6c7c([B])c([B])c([B])c([B])c7c7c([B])c([B])c8c(oc9c([B])c([B])c([B])c([B])c98)c76)c([B])c([B])c54)c3[B])n2)c([B])c1[B]. The Morgan fingerprint density at radius 3 is 0.935 bits per heavy atom. The van der Waals surface area contributed by atoms with Gasteiger partial charge in [0.1, 0.15) is 221 Å². The Morgan fingerprint density at radius 2 is 0.468 bits per heavy atom. The first-order chi connectivity index (χ1) is 36.1. The molecule has 0 bridgehead atoms. The molecule has 0 aliphatic heterocycles. The first kappa shape index (κ1) is 53.6. The third kappa shape index (κ3) is 6.96. The van der Waals surface area contributed by atoms with Gasteiger partial charge in [-0.1, -0.05) is 76.5 Å². The fourth-order valence-electron chi connectivity index (χ4n) is 10.2. The lowest BCUT2D eigenvalue weighted by atomic mass is 9.60. The number of aromatic nitrogens is 4. The lowest BCUT2D eigenvalue weighted by molar-refractivity contribution is 0.673. The minimum Gasteiger partial charge on any atom is -0.457 e. The van der Waals surface area contributed by atoms with Gasteiger partial charge < -0.3 is 13.4 Å². The molecule has 0 aliphatic carbocycles. The van der Waals surface area contributed by atoms with E-state index in [0.29, 0.717) is 0 Å². The van der Waals surface area contributed by atoms with Crippen LogP contribution in [0.15, 0.2) is 8.83 Å². The molecule has 0 atom stereocenters. The largest absolute Gasteiger partial charge is 0.457 e. The van der Waals surface area contributed by atoms with E-state index in [9.17, 15) is 0 Å². The molecule has 11 aromatic rings. The summed E-state index contributed by atoms with van der Waals surface area (Å²) < 4.78 is 14.6. The molecule has 0 unspecified atom stereocenters. The lowest BCUT2D eigenvalue weighted by Gasteiger charge is -2.23. The Kier molecular flexibility index (Phi) is 12.6.